The van der Waals surface area contributed by atoms with E-state index in [4.69, 9.17) is 29.8 Å². The number of aliphatic hydroxyl groups excluding tert-OH is 1. The van der Waals surface area contributed by atoms with Gasteiger partial charge in [0, 0.05) is 7.11 Å². The summed E-state index contributed by atoms with van der Waals surface area (Å²) in [6.45, 7) is 5.18. The first-order valence-corrected chi connectivity index (χ1v) is 5.74. The van der Waals surface area contributed by atoms with E-state index in [-0.39, 0.29) is 6.61 Å². The van der Waals surface area contributed by atoms with Crippen LogP contribution in [0.1, 0.15) is 6.92 Å². The van der Waals surface area contributed by atoms with Gasteiger partial charge in [0.25, 0.3) is 0 Å². The Morgan fingerprint density at radius 1 is 0.941 bits per heavy atom. The number of rotatable bonds is 12. The van der Waals surface area contributed by atoms with Crippen LogP contribution in [0.3, 0.4) is 0 Å². The van der Waals surface area contributed by atoms with E-state index in [9.17, 15) is 0 Å². The highest BCUT2D eigenvalue weighted by atomic mass is 16.6. The van der Waals surface area contributed by atoms with Crippen LogP contribution in [0.25, 0.3) is 0 Å². The van der Waals surface area contributed by atoms with Gasteiger partial charge in [0.15, 0.2) is 0 Å². The minimum atomic E-state index is -0.677. The van der Waals surface area contributed by atoms with Crippen molar-refractivity contribution in [1.82, 2.24) is 0 Å². The number of hydrogen-bond donors (Lipinski definition) is 2. The van der Waals surface area contributed by atoms with Gasteiger partial charge >= 0.3 is 0 Å². The Labute approximate surface area is 103 Å². The molecule has 0 saturated heterocycles. The van der Waals surface area contributed by atoms with Crippen LogP contribution in [0, 0.1) is 0 Å². The number of aliphatic hydroxyl groups is 1. The lowest BCUT2D eigenvalue weighted by Gasteiger charge is -2.21. The summed E-state index contributed by atoms with van der Waals surface area (Å²) in [5, 5.41) is 8.87. The van der Waals surface area contributed by atoms with E-state index in [1.54, 1.807) is 14.0 Å². The SMILES string of the molecule is COCCOCCOCCOCC(C)(N)CO. The normalized spacial score (nSPS) is 14.8. The first-order valence-electron chi connectivity index (χ1n) is 5.74. The Kier molecular flexibility index (Phi) is 10.7. The molecule has 0 radical (unpaired) electrons. The summed E-state index contributed by atoms with van der Waals surface area (Å²) in [6, 6.07) is 0. The van der Waals surface area contributed by atoms with Gasteiger partial charge in [0.2, 0.25) is 0 Å². The van der Waals surface area contributed by atoms with Gasteiger partial charge in [0.05, 0.1) is 58.4 Å². The van der Waals surface area contributed by atoms with Crippen LogP contribution in [-0.2, 0) is 18.9 Å². The maximum atomic E-state index is 8.87. The molecule has 3 N–H and O–H groups in total. The molecule has 0 aliphatic rings. The van der Waals surface area contributed by atoms with E-state index >= 15 is 0 Å². The quantitative estimate of drug-likeness (QED) is 0.450. The predicted molar refractivity (Wildman–Crippen MR) is 64.0 cm³/mol. The highest BCUT2D eigenvalue weighted by Crippen LogP contribution is 1.97. The summed E-state index contributed by atoms with van der Waals surface area (Å²) < 4.78 is 20.6. The van der Waals surface area contributed by atoms with Crippen LogP contribution in [0.15, 0.2) is 0 Å². The van der Waals surface area contributed by atoms with E-state index in [1.165, 1.54) is 0 Å². The number of nitrogens with two attached hydrogens (primary N) is 1. The molecular weight excluding hydrogens is 226 g/mol. The van der Waals surface area contributed by atoms with Gasteiger partial charge in [-0.3, -0.25) is 0 Å². The minimum absolute atomic E-state index is 0.0960. The third kappa shape index (κ3) is 12.0. The second-order valence-corrected chi connectivity index (χ2v) is 4.08. The highest BCUT2D eigenvalue weighted by Gasteiger charge is 2.16. The molecular formula is C11H25NO5. The average Bonchev–Trinajstić information content (AvgIpc) is 2.31. The molecule has 6 nitrogen and oxygen atoms in total. The summed E-state index contributed by atoms with van der Waals surface area (Å²) in [7, 11) is 1.63. The molecule has 1 atom stereocenters. The van der Waals surface area contributed by atoms with Crippen LogP contribution in [0.4, 0.5) is 0 Å². The van der Waals surface area contributed by atoms with Crippen molar-refractivity contribution in [2.24, 2.45) is 5.73 Å². The molecule has 0 aliphatic carbocycles. The third-order valence-electron chi connectivity index (χ3n) is 1.97. The Morgan fingerprint density at radius 2 is 1.41 bits per heavy atom. The van der Waals surface area contributed by atoms with Crippen LogP contribution in [0.2, 0.25) is 0 Å². The van der Waals surface area contributed by atoms with E-state index < -0.39 is 5.54 Å². The zero-order valence-corrected chi connectivity index (χ0v) is 10.8. The second-order valence-electron chi connectivity index (χ2n) is 4.08. The molecule has 0 aromatic carbocycles. The van der Waals surface area contributed by atoms with Crippen LogP contribution >= 0.6 is 0 Å². The van der Waals surface area contributed by atoms with Gasteiger partial charge < -0.3 is 29.8 Å². The fraction of sp³-hybridized carbons (Fsp3) is 1.00. The van der Waals surface area contributed by atoms with Gasteiger partial charge in [-0.1, -0.05) is 0 Å². The van der Waals surface area contributed by atoms with Gasteiger partial charge in [0.1, 0.15) is 0 Å². The molecule has 0 spiro atoms. The van der Waals surface area contributed by atoms with Gasteiger partial charge in [-0.2, -0.15) is 0 Å². The number of methoxy groups -OCH3 is 1. The fourth-order valence-electron chi connectivity index (χ4n) is 0.933. The fourth-order valence-corrected chi connectivity index (χ4v) is 0.933. The lowest BCUT2D eigenvalue weighted by molar-refractivity contribution is -0.00700. The van der Waals surface area contributed by atoms with Gasteiger partial charge in [-0.25, -0.2) is 0 Å². The largest absolute Gasteiger partial charge is 0.394 e. The summed E-state index contributed by atoms with van der Waals surface area (Å²) in [5.74, 6) is 0. The molecule has 1 unspecified atom stereocenters. The smallest absolute Gasteiger partial charge is 0.0701 e. The maximum Gasteiger partial charge on any atom is 0.0701 e. The minimum Gasteiger partial charge on any atom is -0.394 e. The van der Waals surface area contributed by atoms with E-state index in [2.05, 4.69) is 0 Å². The number of ether oxygens (including phenoxy) is 4. The first kappa shape index (κ1) is 16.8. The molecule has 104 valence electrons. The van der Waals surface area contributed by atoms with Crippen molar-refractivity contribution in [3.05, 3.63) is 0 Å². The average molecular weight is 251 g/mol. The van der Waals surface area contributed by atoms with Crippen molar-refractivity contribution in [3.63, 3.8) is 0 Å². The predicted octanol–water partition coefficient (Wildman–Crippen LogP) is -0.608. The summed E-state index contributed by atoms with van der Waals surface area (Å²) in [5.41, 5.74) is 5.00. The van der Waals surface area contributed by atoms with E-state index in [0.29, 0.717) is 46.2 Å². The first-order chi connectivity index (χ1) is 8.12. The van der Waals surface area contributed by atoms with Crippen molar-refractivity contribution < 1.29 is 24.1 Å². The lowest BCUT2D eigenvalue weighted by Crippen LogP contribution is -2.45. The second kappa shape index (κ2) is 10.9. The van der Waals surface area contributed by atoms with Crippen molar-refractivity contribution in [3.8, 4) is 0 Å². The van der Waals surface area contributed by atoms with Crippen molar-refractivity contribution >= 4 is 0 Å². The van der Waals surface area contributed by atoms with Gasteiger partial charge in [-0.15, -0.1) is 0 Å². The Hall–Kier alpha value is -0.240. The van der Waals surface area contributed by atoms with Gasteiger partial charge in [-0.05, 0) is 6.92 Å². The number of hydrogen-bond acceptors (Lipinski definition) is 6. The Bertz CT molecular complexity index is 166. The van der Waals surface area contributed by atoms with Crippen molar-refractivity contribution in [1.29, 1.82) is 0 Å². The van der Waals surface area contributed by atoms with Crippen molar-refractivity contribution in [2.75, 3.05) is 60.0 Å². The molecule has 0 saturated carbocycles. The summed E-state index contributed by atoms with van der Waals surface area (Å²) >= 11 is 0. The standard InChI is InChI=1S/C11H25NO5/c1-11(12,9-13)10-17-8-7-16-6-5-15-4-3-14-2/h13H,3-10,12H2,1-2H3. The van der Waals surface area contributed by atoms with Crippen LogP contribution in [-0.4, -0.2) is 70.6 Å². The van der Waals surface area contributed by atoms with Crippen LogP contribution in [0.5, 0.6) is 0 Å². The molecule has 6 heteroatoms. The molecule has 0 aromatic rings. The monoisotopic (exact) mass is 251 g/mol. The van der Waals surface area contributed by atoms with E-state index in [0.717, 1.165) is 0 Å². The Balaban J connectivity index is 3.09. The molecule has 0 aromatic heterocycles. The molecule has 0 rings (SSSR count). The zero-order chi connectivity index (χ0) is 13.0. The zero-order valence-electron chi connectivity index (χ0n) is 10.8. The van der Waals surface area contributed by atoms with Crippen molar-refractivity contribution in [2.45, 2.75) is 12.5 Å². The molecule has 0 aliphatic heterocycles. The topological polar surface area (TPSA) is 83.2 Å². The summed E-state index contributed by atoms with van der Waals surface area (Å²) in [6.07, 6.45) is 0. The summed E-state index contributed by atoms with van der Waals surface area (Å²) in [4.78, 5) is 0. The van der Waals surface area contributed by atoms with Crippen LogP contribution < -0.4 is 5.73 Å². The lowest BCUT2D eigenvalue weighted by atomic mass is 10.1. The molecule has 0 bridgehead atoms. The molecule has 0 heterocycles. The molecule has 0 fully saturated rings. The molecule has 0 amide bonds. The molecule has 17 heavy (non-hydrogen) atoms. The maximum absolute atomic E-state index is 8.87. The highest BCUT2D eigenvalue weighted by molar-refractivity contribution is 4.76. The Morgan fingerprint density at radius 3 is 1.88 bits per heavy atom. The van der Waals surface area contributed by atoms with E-state index in [1.807, 2.05) is 0 Å². The third-order valence-corrected chi connectivity index (χ3v) is 1.97.